The normalized spacial score (nSPS) is 25.9. The van der Waals surface area contributed by atoms with Gasteiger partial charge in [0.05, 0.1) is 5.56 Å². The lowest BCUT2D eigenvalue weighted by Crippen LogP contribution is -2.34. The van der Waals surface area contributed by atoms with Gasteiger partial charge < -0.3 is 5.32 Å². The summed E-state index contributed by atoms with van der Waals surface area (Å²) in [5.74, 6) is 0. The fourth-order valence-corrected chi connectivity index (χ4v) is 2.01. The number of benzene rings is 1. The van der Waals surface area contributed by atoms with Gasteiger partial charge in [0, 0.05) is 12.6 Å². The summed E-state index contributed by atoms with van der Waals surface area (Å²) in [4.78, 5) is 0. The maximum atomic E-state index is 12.9. The summed E-state index contributed by atoms with van der Waals surface area (Å²) in [6.45, 7) is 0.270. The summed E-state index contributed by atoms with van der Waals surface area (Å²) >= 11 is 0. The second-order valence-corrected chi connectivity index (χ2v) is 4.26. The summed E-state index contributed by atoms with van der Waals surface area (Å²) in [6.07, 6.45) is -4.07. The summed E-state index contributed by atoms with van der Waals surface area (Å²) in [7, 11) is 0. The zero-order valence-electron chi connectivity index (χ0n) is 9.10. The van der Waals surface area contributed by atoms with Crippen LogP contribution in [0.2, 0.25) is 0 Å². The number of nitrogens with one attached hydrogen (secondary N) is 1. The smallest absolute Gasteiger partial charge is 0.307 e. The van der Waals surface area contributed by atoms with Gasteiger partial charge in [0.15, 0.2) is 0 Å². The first-order chi connectivity index (χ1) is 7.97. The predicted octanol–water partition coefficient (Wildman–Crippen LogP) is 3.47. The fourth-order valence-electron chi connectivity index (χ4n) is 2.01. The van der Waals surface area contributed by atoms with E-state index in [9.17, 15) is 17.6 Å². The van der Waals surface area contributed by atoms with Crippen LogP contribution in [0, 0.1) is 0 Å². The van der Waals surface area contributed by atoms with Crippen molar-refractivity contribution in [3.8, 4) is 0 Å². The van der Waals surface area contributed by atoms with Gasteiger partial charge in [-0.1, -0.05) is 12.1 Å². The van der Waals surface area contributed by atoms with E-state index in [1.807, 2.05) is 0 Å². The highest BCUT2D eigenvalue weighted by Crippen LogP contribution is 2.31. The number of piperidine rings is 1. The summed E-state index contributed by atoms with van der Waals surface area (Å²) in [5.41, 5.74) is 0.130. The van der Waals surface area contributed by atoms with Gasteiger partial charge in [0.2, 0.25) is 0 Å². The summed E-state index contributed by atoms with van der Waals surface area (Å²) < 4.78 is 49.9. The van der Waals surface area contributed by atoms with Crippen molar-refractivity contribution in [1.82, 2.24) is 5.32 Å². The van der Waals surface area contributed by atoms with E-state index in [-0.39, 0.29) is 12.6 Å². The molecule has 0 aromatic heterocycles. The molecule has 2 atom stereocenters. The monoisotopic (exact) mass is 247 g/mol. The summed E-state index contributed by atoms with van der Waals surface area (Å²) in [6, 6.07) is 5.01. The second kappa shape index (κ2) is 4.64. The van der Waals surface area contributed by atoms with Crippen LogP contribution in [0.15, 0.2) is 24.3 Å². The largest absolute Gasteiger partial charge is 0.416 e. The van der Waals surface area contributed by atoms with Crippen molar-refractivity contribution in [2.45, 2.75) is 31.2 Å². The van der Waals surface area contributed by atoms with E-state index in [1.165, 1.54) is 12.1 Å². The highest BCUT2D eigenvalue weighted by atomic mass is 19.4. The molecule has 1 aliphatic rings. The van der Waals surface area contributed by atoms with Crippen LogP contribution in [0.3, 0.4) is 0 Å². The molecule has 0 amide bonds. The molecule has 0 radical (unpaired) electrons. The molecule has 1 aromatic rings. The van der Waals surface area contributed by atoms with Gasteiger partial charge >= 0.3 is 6.18 Å². The first-order valence-electron chi connectivity index (χ1n) is 5.51. The Morgan fingerprint density at radius 2 is 1.71 bits per heavy atom. The molecular formula is C12H13F4N. The van der Waals surface area contributed by atoms with Gasteiger partial charge in [-0.3, -0.25) is 0 Å². The standard InChI is InChI=1S/C12H13F4N/c13-10-5-6-11(17-7-10)8-1-3-9(4-2-8)12(14,15)16/h1-4,10-11,17H,5-7H2/t10-,11-/m0/s1. The van der Waals surface area contributed by atoms with E-state index in [1.54, 1.807) is 0 Å². The minimum absolute atomic E-state index is 0.0377. The third kappa shape index (κ3) is 2.97. The van der Waals surface area contributed by atoms with Crippen molar-refractivity contribution >= 4 is 0 Å². The molecule has 1 nitrogen and oxygen atoms in total. The molecule has 1 fully saturated rings. The zero-order chi connectivity index (χ0) is 12.5. The van der Waals surface area contributed by atoms with Crippen LogP contribution < -0.4 is 5.32 Å². The average Bonchev–Trinajstić information content (AvgIpc) is 2.29. The lowest BCUT2D eigenvalue weighted by Gasteiger charge is -2.26. The van der Waals surface area contributed by atoms with Gasteiger partial charge in [-0.05, 0) is 30.5 Å². The molecule has 0 unspecified atom stereocenters. The first-order valence-corrected chi connectivity index (χ1v) is 5.51. The Labute approximate surface area is 96.8 Å². The Kier molecular flexibility index (Phi) is 3.38. The van der Waals surface area contributed by atoms with Crippen LogP contribution in [0.4, 0.5) is 17.6 Å². The maximum Gasteiger partial charge on any atom is 0.416 e. The molecule has 0 saturated carbocycles. The first kappa shape index (κ1) is 12.4. The Morgan fingerprint density at radius 1 is 1.06 bits per heavy atom. The Bertz CT molecular complexity index is 363. The topological polar surface area (TPSA) is 12.0 Å². The SMILES string of the molecule is F[C@H]1CC[C@@H](c2ccc(C(F)(F)F)cc2)NC1. The Balaban J connectivity index is 2.08. The van der Waals surface area contributed by atoms with Crippen molar-refractivity contribution in [2.24, 2.45) is 0 Å². The van der Waals surface area contributed by atoms with Crippen LogP contribution in [-0.4, -0.2) is 12.7 Å². The molecule has 1 aliphatic heterocycles. The quantitative estimate of drug-likeness (QED) is 0.749. The number of alkyl halides is 4. The predicted molar refractivity (Wildman–Crippen MR) is 56.3 cm³/mol. The molecule has 1 saturated heterocycles. The minimum Gasteiger partial charge on any atom is -0.307 e. The van der Waals surface area contributed by atoms with E-state index in [2.05, 4.69) is 5.32 Å². The molecule has 1 heterocycles. The molecule has 0 bridgehead atoms. The highest BCUT2D eigenvalue weighted by Gasteiger charge is 2.30. The third-order valence-corrected chi connectivity index (χ3v) is 2.99. The maximum absolute atomic E-state index is 12.9. The van der Waals surface area contributed by atoms with E-state index in [4.69, 9.17) is 0 Å². The fraction of sp³-hybridized carbons (Fsp3) is 0.500. The van der Waals surface area contributed by atoms with Gasteiger partial charge in [-0.25, -0.2) is 4.39 Å². The molecule has 5 heteroatoms. The van der Waals surface area contributed by atoms with Crippen molar-refractivity contribution in [1.29, 1.82) is 0 Å². The van der Waals surface area contributed by atoms with Crippen molar-refractivity contribution in [3.05, 3.63) is 35.4 Å². The van der Waals surface area contributed by atoms with Crippen LogP contribution in [0.1, 0.15) is 30.0 Å². The molecule has 2 rings (SSSR count). The molecule has 17 heavy (non-hydrogen) atoms. The van der Waals surface area contributed by atoms with Gasteiger partial charge in [0.1, 0.15) is 6.17 Å². The van der Waals surface area contributed by atoms with Gasteiger partial charge in [0.25, 0.3) is 0 Å². The number of hydrogen-bond donors (Lipinski definition) is 1. The van der Waals surface area contributed by atoms with E-state index in [0.29, 0.717) is 12.8 Å². The van der Waals surface area contributed by atoms with Crippen molar-refractivity contribution in [3.63, 3.8) is 0 Å². The second-order valence-electron chi connectivity index (χ2n) is 4.26. The van der Waals surface area contributed by atoms with Gasteiger partial charge in [-0.15, -0.1) is 0 Å². The molecule has 0 spiro atoms. The molecule has 94 valence electrons. The highest BCUT2D eigenvalue weighted by molar-refractivity contribution is 5.27. The van der Waals surface area contributed by atoms with Crippen LogP contribution in [0.25, 0.3) is 0 Å². The van der Waals surface area contributed by atoms with Crippen molar-refractivity contribution in [2.75, 3.05) is 6.54 Å². The van der Waals surface area contributed by atoms with Gasteiger partial charge in [-0.2, -0.15) is 13.2 Å². The number of hydrogen-bond acceptors (Lipinski definition) is 1. The third-order valence-electron chi connectivity index (χ3n) is 2.99. The molecule has 0 aliphatic carbocycles. The lowest BCUT2D eigenvalue weighted by molar-refractivity contribution is -0.137. The van der Waals surface area contributed by atoms with E-state index >= 15 is 0 Å². The lowest BCUT2D eigenvalue weighted by atomic mass is 9.96. The van der Waals surface area contributed by atoms with Crippen LogP contribution in [-0.2, 0) is 6.18 Å². The summed E-state index contributed by atoms with van der Waals surface area (Å²) in [5, 5.41) is 2.99. The van der Waals surface area contributed by atoms with E-state index in [0.717, 1.165) is 17.7 Å². The number of halogens is 4. The molecular weight excluding hydrogens is 234 g/mol. The molecule has 1 N–H and O–H groups in total. The zero-order valence-corrected chi connectivity index (χ0v) is 9.10. The molecule has 1 aromatic carbocycles. The van der Waals surface area contributed by atoms with Crippen LogP contribution >= 0.6 is 0 Å². The van der Waals surface area contributed by atoms with Crippen molar-refractivity contribution < 1.29 is 17.6 Å². The Hall–Kier alpha value is -1.10. The Morgan fingerprint density at radius 3 is 2.18 bits per heavy atom. The van der Waals surface area contributed by atoms with E-state index < -0.39 is 17.9 Å². The number of rotatable bonds is 1. The van der Waals surface area contributed by atoms with Crippen LogP contribution in [0.5, 0.6) is 0 Å². The average molecular weight is 247 g/mol. The minimum atomic E-state index is -4.30.